The van der Waals surface area contributed by atoms with Gasteiger partial charge in [-0.05, 0) is 40.3 Å². The molecule has 0 saturated carbocycles. The van der Waals surface area contributed by atoms with E-state index < -0.39 is 12.1 Å². The minimum Gasteiger partial charge on any atom is -0.465 e. The molecule has 1 aliphatic rings. The first kappa shape index (κ1) is 22.6. The highest BCUT2D eigenvalue weighted by atomic mass is 35.5. The molecule has 0 fully saturated rings. The predicted octanol–water partition coefficient (Wildman–Crippen LogP) is 5.46. The molecular formula is C26H23ClN2O4. The number of nitrogens with one attached hydrogen (secondary N) is 1. The van der Waals surface area contributed by atoms with Gasteiger partial charge in [0.1, 0.15) is 11.8 Å². The summed E-state index contributed by atoms with van der Waals surface area (Å²) < 4.78 is 10.2. The van der Waals surface area contributed by atoms with Crippen molar-refractivity contribution in [2.75, 3.05) is 20.3 Å². The Labute approximate surface area is 197 Å². The number of nitrogens with zero attached hydrogens (tertiary/aromatic N) is 1. The average Bonchev–Trinajstić information content (AvgIpc) is 3.16. The number of carbonyl (C=O) groups is 2. The van der Waals surface area contributed by atoms with E-state index in [0.29, 0.717) is 18.5 Å². The van der Waals surface area contributed by atoms with Crippen LogP contribution in [-0.2, 0) is 9.47 Å². The number of hydrogen-bond acceptors (Lipinski definition) is 5. The second kappa shape index (κ2) is 10.3. The monoisotopic (exact) mass is 462 g/mol. The van der Waals surface area contributed by atoms with Crippen LogP contribution in [0.4, 0.5) is 4.79 Å². The Balaban J connectivity index is 1.27. The molecule has 168 valence electrons. The highest BCUT2D eigenvalue weighted by molar-refractivity contribution is 6.32. The third-order valence-corrected chi connectivity index (χ3v) is 5.80. The first-order chi connectivity index (χ1) is 16.1. The summed E-state index contributed by atoms with van der Waals surface area (Å²) in [4.78, 5) is 27.9. The smallest absolute Gasteiger partial charge is 0.407 e. The fourth-order valence-corrected chi connectivity index (χ4v) is 4.12. The van der Waals surface area contributed by atoms with Crippen molar-refractivity contribution < 1.29 is 19.1 Å². The highest BCUT2D eigenvalue weighted by Crippen LogP contribution is 2.44. The van der Waals surface area contributed by atoms with Gasteiger partial charge in [0.2, 0.25) is 0 Å². The van der Waals surface area contributed by atoms with E-state index in [1.807, 2.05) is 30.3 Å². The summed E-state index contributed by atoms with van der Waals surface area (Å²) in [7, 11) is 1.29. The van der Waals surface area contributed by atoms with Gasteiger partial charge in [0, 0.05) is 18.7 Å². The maximum absolute atomic E-state index is 12.2. The normalized spacial score (nSPS) is 12.3. The number of fused-ring (bicyclic) bond motifs is 3. The fourth-order valence-electron chi connectivity index (χ4n) is 3.93. The van der Waals surface area contributed by atoms with Crippen molar-refractivity contribution in [3.8, 4) is 11.1 Å². The molecule has 0 atom stereocenters. The molecule has 1 aliphatic carbocycles. The number of hydrogen-bond donors (Lipinski definition) is 1. The van der Waals surface area contributed by atoms with E-state index in [1.54, 1.807) is 18.3 Å². The zero-order valence-electron chi connectivity index (χ0n) is 18.1. The minimum absolute atomic E-state index is 0.0319. The molecule has 0 saturated heterocycles. The maximum Gasteiger partial charge on any atom is 0.407 e. The van der Waals surface area contributed by atoms with Crippen molar-refractivity contribution >= 4 is 29.7 Å². The first-order valence-corrected chi connectivity index (χ1v) is 11.0. The molecule has 1 N–H and O–H groups in total. The van der Waals surface area contributed by atoms with E-state index in [9.17, 15) is 9.59 Å². The SMILES string of the molecule is COC(=O)c1cc(C=CCCNC(=O)OCC2c3ccccc3-c3ccccc32)cnc1Cl. The molecule has 6 nitrogen and oxygen atoms in total. The Bertz CT molecular complexity index is 1160. The number of esters is 1. The number of pyridine rings is 1. The van der Waals surface area contributed by atoms with Crippen LogP contribution in [0.2, 0.25) is 5.15 Å². The molecule has 0 bridgehead atoms. The number of benzene rings is 2. The van der Waals surface area contributed by atoms with Crippen molar-refractivity contribution in [3.05, 3.63) is 94.3 Å². The molecule has 2 aromatic carbocycles. The molecule has 7 heteroatoms. The summed E-state index contributed by atoms with van der Waals surface area (Å²) in [5.41, 5.74) is 5.66. The first-order valence-electron chi connectivity index (χ1n) is 10.6. The molecule has 0 aliphatic heterocycles. The lowest BCUT2D eigenvalue weighted by molar-refractivity contribution is 0.0600. The van der Waals surface area contributed by atoms with Crippen LogP contribution < -0.4 is 5.32 Å². The molecule has 0 radical (unpaired) electrons. The van der Waals surface area contributed by atoms with Crippen molar-refractivity contribution in [1.29, 1.82) is 0 Å². The third-order valence-electron chi connectivity index (χ3n) is 5.50. The van der Waals surface area contributed by atoms with Crippen LogP contribution in [0.5, 0.6) is 0 Å². The van der Waals surface area contributed by atoms with E-state index >= 15 is 0 Å². The Morgan fingerprint density at radius 3 is 2.42 bits per heavy atom. The molecule has 1 aromatic heterocycles. The van der Waals surface area contributed by atoms with Crippen LogP contribution in [0.15, 0.2) is 66.9 Å². The van der Waals surface area contributed by atoms with Gasteiger partial charge in [-0.1, -0.05) is 72.3 Å². The standard InChI is InChI=1S/C26H23ClN2O4/c1-32-25(30)22-14-17(15-29-24(22)27)8-6-7-13-28-26(31)33-16-23-20-11-4-2-9-18(20)19-10-3-5-12-21(19)23/h2-6,8-12,14-15,23H,7,13,16H2,1H3,(H,28,31). The molecule has 4 rings (SSSR count). The number of alkyl carbamates (subject to hydrolysis) is 1. The summed E-state index contributed by atoms with van der Waals surface area (Å²) in [5, 5.41) is 2.86. The second-order valence-electron chi connectivity index (χ2n) is 7.54. The highest BCUT2D eigenvalue weighted by Gasteiger charge is 2.28. The second-order valence-corrected chi connectivity index (χ2v) is 7.90. The predicted molar refractivity (Wildman–Crippen MR) is 127 cm³/mol. The number of carbonyl (C=O) groups excluding carboxylic acids is 2. The number of methoxy groups -OCH3 is 1. The number of aromatic nitrogens is 1. The molecular weight excluding hydrogens is 440 g/mol. The Hall–Kier alpha value is -3.64. The van der Waals surface area contributed by atoms with E-state index in [4.69, 9.17) is 21.1 Å². The fraction of sp³-hybridized carbons (Fsp3) is 0.192. The zero-order chi connectivity index (χ0) is 23.2. The van der Waals surface area contributed by atoms with Gasteiger partial charge < -0.3 is 14.8 Å². The summed E-state index contributed by atoms with van der Waals surface area (Å²) in [6.45, 7) is 0.695. The molecule has 33 heavy (non-hydrogen) atoms. The summed E-state index contributed by atoms with van der Waals surface area (Å²) in [6, 6.07) is 18.0. The Morgan fingerprint density at radius 1 is 1.09 bits per heavy atom. The molecule has 1 heterocycles. The Kier molecular flexibility index (Phi) is 7.05. The summed E-state index contributed by atoms with van der Waals surface area (Å²) >= 11 is 5.92. The van der Waals surface area contributed by atoms with E-state index in [2.05, 4.69) is 34.6 Å². The number of amides is 1. The Morgan fingerprint density at radius 2 is 1.76 bits per heavy atom. The minimum atomic E-state index is -0.542. The number of ether oxygens (including phenoxy) is 2. The lowest BCUT2D eigenvalue weighted by Crippen LogP contribution is -2.26. The van der Waals surface area contributed by atoms with E-state index in [1.165, 1.54) is 29.4 Å². The molecule has 0 spiro atoms. The van der Waals surface area contributed by atoms with Crippen LogP contribution in [0.3, 0.4) is 0 Å². The molecule has 0 unspecified atom stereocenters. The van der Waals surface area contributed by atoms with Crippen molar-refractivity contribution in [1.82, 2.24) is 10.3 Å². The average molecular weight is 463 g/mol. The van der Waals surface area contributed by atoms with Crippen LogP contribution in [0, 0.1) is 0 Å². The van der Waals surface area contributed by atoms with E-state index in [-0.39, 0.29) is 23.2 Å². The van der Waals surface area contributed by atoms with Gasteiger partial charge in [-0.3, -0.25) is 0 Å². The maximum atomic E-state index is 12.2. The van der Waals surface area contributed by atoms with Gasteiger partial charge in [0.15, 0.2) is 0 Å². The lowest BCUT2D eigenvalue weighted by Gasteiger charge is -2.14. The number of halogens is 1. The summed E-state index contributed by atoms with van der Waals surface area (Å²) in [6.07, 6.45) is 5.36. The van der Waals surface area contributed by atoms with Crippen LogP contribution in [-0.4, -0.2) is 37.3 Å². The van der Waals surface area contributed by atoms with E-state index in [0.717, 1.165) is 0 Å². The van der Waals surface area contributed by atoms with Crippen LogP contribution >= 0.6 is 11.6 Å². The largest absolute Gasteiger partial charge is 0.465 e. The molecule has 1 amide bonds. The van der Waals surface area contributed by atoms with Crippen molar-refractivity contribution in [2.24, 2.45) is 0 Å². The van der Waals surface area contributed by atoms with Crippen molar-refractivity contribution in [3.63, 3.8) is 0 Å². The third kappa shape index (κ3) is 5.07. The van der Waals surface area contributed by atoms with Crippen molar-refractivity contribution in [2.45, 2.75) is 12.3 Å². The van der Waals surface area contributed by atoms with Crippen LogP contribution in [0.25, 0.3) is 17.2 Å². The van der Waals surface area contributed by atoms with Gasteiger partial charge in [0.05, 0.1) is 12.7 Å². The van der Waals surface area contributed by atoms with Gasteiger partial charge in [-0.15, -0.1) is 0 Å². The van der Waals surface area contributed by atoms with Crippen LogP contribution in [0.1, 0.15) is 39.4 Å². The number of rotatable bonds is 7. The van der Waals surface area contributed by atoms with Gasteiger partial charge in [-0.2, -0.15) is 0 Å². The molecule has 3 aromatic rings. The summed E-state index contributed by atoms with van der Waals surface area (Å²) in [5.74, 6) is -0.510. The van der Waals surface area contributed by atoms with Gasteiger partial charge >= 0.3 is 12.1 Å². The topological polar surface area (TPSA) is 77.5 Å². The zero-order valence-corrected chi connectivity index (χ0v) is 18.8. The van der Waals surface area contributed by atoms with Gasteiger partial charge in [-0.25, -0.2) is 14.6 Å². The van der Waals surface area contributed by atoms with Gasteiger partial charge in [0.25, 0.3) is 0 Å². The lowest BCUT2D eigenvalue weighted by atomic mass is 9.98. The quantitative estimate of drug-likeness (QED) is 0.286.